The first-order chi connectivity index (χ1) is 11.8. The third kappa shape index (κ3) is 6.00. The van der Waals surface area contributed by atoms with Crippen LogP contribution in [-0.2, 0) is 0 Å². The fourth-order valence-corrected chi connectivity index (χ4v) is 3.94. The lowest BCUT2D eigenvalue weighted by Crippen LogP contribution is -2.44. The van der Waals surface area contributed by atoms with Crippen LogP contribution in [0.2, 0.25) is 0 Å². The van der Waals surface area contributed by atoms with Gasteiger partial charge in [-0.1, -0.05) is 25.7 Å². The number of carbonyl (C=O) groups excluding carboxylic acids is 1. The lowest BCUT2D eigenvalue weighted by atomic mass is 9.84. The summed E-state index contributed by atoms with van der Waals surface area (Å²) in [5.41, 5.74) is 6.50. The van der Waals surface area contributed by atoms with Crippen molar-refractivity contribution < 1.29 is 4.79 Å². The third-order valence-electron chi connectivity index (χ3n) is 5.47. The van der Waals surface area contributed by atoms with E-state index in [1.54, 1.807) is 6.20 Å². The zero-order chi connectivity index (χ0) is 16.8. The van der Waals surface area contributed by atoms with E-state index >= 15 is 0 Å². The molecule has 5 nitrogen and oxygen atoms in total. The molecule has 2 unspecified atom stereocenters. The Bertz CT molecular complexity index is 533. The Morgan fingerprint density at radius 1 is 1.08 bits per heavy atom. The summed E-state index contributed by atoms with van der Waals surface area (Å²) in [4.78, 5) is 19.4. The topological polar surface area (TPSA) is 71.2 Å². The number of anilines is 1. The summed E-state index contributed by atoms with van der Waals surface area (Å²) in [7, 11) is 0. The molecule has 26 heavy (non-hydrogen) atoms. The van der Waals surface area contributed by atoms with E-state index in [9.17, 15) is 4.79 Å². The molecule has 2 atom stereocenters. The number of pyridine rings is 1. The van der Waals surface area contributed by atoms with Crippen molar-refractivity contribution in [3.05, 3.63) is 23.9 Å². The first kappa shape index (κ1) is 23.0. The van der Waals surface area contributed by atoms with Gasteiger partial charge in [0.2, 0.25) is 0 Å². The quantitative estimate of drug-likeness (QED) is 0.807. The van der Waals surface area contributed by atoms with Gasteiger partial charge in [0, 0.05) is 25.3 Å². The van der Waals surface area contributed by atoms with E-state index in [0.717, 1.165) is 31.7 Å². The Morgan fingerprint density at radius 3 is 2.38 bits per heavy atom. The molecule has 0 bridgehead atoms. The Hall–Kier alpha value is -1.04. The zero-order valence-corrected chi connectivity index (χ0v) is 17.0. The molecule has 0 radical (unpaired) electrons. The minimum absolute atomic E-state index is 0. The van der Waals surface area contributed by atoms with Gasteiger partial charge in [-0.05, 0) is 50.3 Å². The van der Waals surface area contributed by atoms with Gasteiger partial charge in [-0.2, -0.15) is 0 Å². The van der Waals surface area contributed by atoms with Crippen LogP contribution in [0.15, 0.2) is 18.3 Å². The predicted molar refractivity (Wildman–Crippen MR) is 112 cm³/mol. The fraction of sp³-hybridized carbons (Fsp3) is 0.684. The van der Waals surface area contributed by atoms with Crippen LogP contribution in [0.1, 0.15) is 61.7 Å². The minimum atomic E-state index is -0.0183. The average molecular weight is 403 g/mol. The molecule has 1 aromatic rings. The standard InChI is InChI=1S/C19H30N4O.2ClH/c20-13-15-7-3-4-8-17(15)22-19(24)16-9-10-18(21-14-16)23-11-5-1-2-6-12-23;;/h9-10,14-15,17H,1-8,11-13,20H2,(H,22,24);2*1H. The van der Waals surface area contributed by atoms with E-state index in [4.69, 9.17) is 5.73 Å². The molecule has 3 rings (SSSR count). The van der Waals surface area contributed by atoms with Gasteiger partial charge in [-0.3, -0.25) is 4.79 Å². The molecule has 2 aliphatic rings. The molecule has 2 fully saturated rings. The summed E-state index contributed by atoms with van der Waals surface area (Å²) < 4.78 is 0. The predicted octanol–water partition coefficient (Wildman–Crippen LogP) is 3.55. The van der Waals surface area contributed by atoms with Gasteiger partial charge in [0.15, 0.2) is 0 Å². The Balaban J connectivity index is 0.00000169. The summed E-state index contributed by atoms with van der Waals surface area (Å²) in [5, 5.41) is 3.17. The highest BCUT2D eigenvalue weighted by Gasteiger charge is 2.25. The Kier molecular flexibility index (Phi) is 10.3. The van der Waals surface area contributed by atoms with Gasteiger partial charge in [-0.25, -0.2) is 4.98 Å². The van der Waals surface area contributed by atoms with Crippen LogP contribution in [0.25, 0.3) is 0 Å². The second-order valence-corrected chi connectivity index (χ2v) is 7.17. The summed E-state index contributed by atoms with van der Waals surface area (Å²) in [6.45, 7) is 2.79. The van der Waals surface area contributed by atoms with Gasteiger partial charge in [-0.15, -0.1) is 24.8 Å². The lowest BCUT2D eigenvalue weighted by molar-refractivity contribution is 0.0907. The van der Waals surface area contributed by atoms with Crippen molar-refractivity contribution in [3.8, 4) is 0 Å². The van der Waals surface area contributed by atoms with Gasteiger partial charge in [0.25, 0.3) is 5.91 Å². The molecule has 1 aliphatic heterocycles. The first-order valence-electron chi connectivity index (χ1n) is 9.50. The van der Waals surface area contributed by atoms with Crippen LogP contribution in [0.4, 0.5) is 5.82 Å². The number of nitrogens with two attached hydrogens (primary N) is 1. The number of hydrogen-bond donors (Lipinski definition) is 2. The SMILES string of the molecule is Cl.Cl.NCC1CCCCC1NC(=O)c1ccc(N2CCCCCC2)nc1. The minimum Gasteiger partial charge on any atom is -0.357 e. The van der Waals surface area contributed by atoms with Crippen LogP contribution in [0, 0.1) is 5.92 Å². The van der Waals surface area contributed by atoms with Crippen molar-refractivity contribution in [2.45, 2.75) is 57.4 Å². The van der Waals surface area contributed by atoms with E-state index < -0.39 is 0 Å². The maximum atomic E-state index is 12.5. The van der Waals surface area contributed by atoms with Gasteiger partial charge in [0.05, 0.1) is 5.56 Å². The molecule has 2 heterocycles. The highest BCUT2D eigenvalue weighted by molar-refractivity contribution is 5.94. The number of aromatic nitrogens is 1. The fourth-order valence-electron chi connectivity index (χ4n) is 3.94. The molecular formula is C19H32Cl2N4O. The van der Waals surface area contributed by atoms with E-state index in [1.165, 1.54) is 38.5 Å². The lowest BCUT2D eigenvalue weighted by Gasteiger charge is -2.31. The van der Waals surface area contributed by atoms with Crippen LogP contribution >= 0.6 is 24.8 Å². The van der Waals surface area contributed by atoms with E-state index in [0.29, 0.717) is 18.0 Å². The number of nitrogens with one attached hydrogen (secondary N) is 1. The molecule has 0 aromatic carbocycles. The van der Waals surface area contributed by atoms with Crippen molar-refractivity contribution in [2.75, 3.05) is 24.5 Å². The summed E-state index contributed by atoms with van der Waals surface area (Å²) in [6, 6.07) is 4.10. The third-order valence-corrected chi connectivity index (χ3v) is 5.47. The molecule has 7 heteroatoms. The van der Waals surface area contributed by atoms with Crippen LogP contribution < -0.4 is 16.0 Å². The van der Waals surface area contributed by atoms with Gasteiger partial charge < -0.3 is 16.0 Å². The molecule has 1 saturated heterocycles. The molecular weight excluding hydrogens is 371 g/mol. The average Bonchev–Trinajstić information content (AvgIpc) is 2.92. The summed E-state index contributed by atoms with van der Waals surface area (Å²) in [6.07, 6.45) is 11.3. The zero-order valence-electron chi connectivity index (χ0n) is 15.4. The van der Waals surface area contributed by atoms with Crippen molar-refractivity contribution >= 4 is 36.5 Å². The summed E-state index contributed by atoms with van der Waals surface area (Å²) >= 11 is 0. The molecule has 1 amide bonds. The first-order valence-corrected chi connectivity index (χ1v) is 9.50. The molecule has 1 aromatic heterocycles. The van der Waals surface area contributed by atoms with Crippen molar-refractivity contribution in [1.29, 1.82) is 0 Å². The molecule has 148 valence electrons. The Morgan fingerprint density at radius 2 is 1.77 bits per heavy atom. The Labute approximate surface area is 169 Å². The number of halogens is 2. The van der Waals surface area contributed by atoms with Gasteiger partial charge in [0.1, 0.15) is 5.82 Å². The molecule has 0 spiro atoms. The van der Waals surface area contributed by atoms with Crippen LogP contribution in [-0.4, -0.2) is 36.6 Å². The number of hydrogen-bond acceptors (Lipinski definition) is 4. The number of nitrogens with zero attached hydrogens (tertiary/aromatic N) is 2. The van der Waals surface area contributed by atoms with Crippen LogP contribution in [0.5, 0.6) is 0 Å². The monoisotopic (exact) mass is 402 g/mol. The second kappa shape index (κ2) is 11.6. The maximum absolute atomic E-state index is 12.5. The molecule has 3 N–H and O–H groups in total. The second-order valence-electron chi connectivity index (χ2n) is 7.17. The highest BCUT2D eigenvalue weighted by Crippen LogP contribution is 2.24. The van der Waals surface area contributed by atoms with E-state index in [1.807, 2.05) is 12.1 Å². The summed E-state index contributed by atoms with van der Waals surface area (Å²) in [5.74, 6) is 1.38. The number of carbonyl (C=O) groups is 1. The van der Waals surface area contributed by atoms with Gasteiger partial charge >= 0.3 is 0 Å². The highest BCUT2D eigenvalue weighted by atomic mass is 35.5. The van der Waals surface area contributed by atoms with Crippen LogP contribution in [0.3, 0.4) is 0 Å². The smallest absolute Gasteiger partial charge is 0.253 e. The van der Waals surface area contributed by atoms with E-state index in [2.05, 4.69) is 15.2 Å². The van der Waals surface area contributed by atoms with Crippen molar-refractivity contribution in [3.63, 3.8) is 0 Å². The maximum Gasteiger partial charge on any atom is 0.253 e. The van der Waals surface area contributed by atoms with Crippen molar-refractivity contribution in [1.82, 2.24) is 10.3 Å². The number of amides is 1. The normalized spacial score (nSPS) is 23.2. The molecule has 1 aliphatic carbocycles. The van der Waals surface area contributed by atoms with Crippen molar-refractivity contribution in [2.24, 2.45) is 11.7 Å². The molecule has 1 saturated carbocycles. The number of rotatable bonds is 4. The largest absolute Gasteiger partial charge is 0.357 e. The van der Waals surface area contributed by atoms with E-state index in [-0.39, 0.29) is 36.8 Å².